The lowest BCUT2D eigenvalue weighted by atomic mass is 10.0. The normalized spacial score (nSPS) is 11.1. The van der Waals surface area contributed by atoms with E-state index < -0.39 is 5.97 Å². The Bertz CT molecular complexity index is 1040. The molecule has 6 heteroatoms. The maximum Gasteiger partial charge on any atom is 0.340 e. The molecule has 0 saturated heterocycles. The average molecular weight is 305 g/mol. The van der Waals surface area contributed by atoms with Gasteiger partial charge in [-0.1, -0.05) is 36.4 Å². The number of aromatic hydroxyl groups is 1. The second kappa shape index (κ2) is 4.81. The van der Waals surface area contributed by atoms with Crippen LogP contribution in [-0.4, -0.2) is 31.2 Å². The number of hydrogen-bond donors (Lipinski definition) is 2. The Labute approximate surface area is 130 Å². The lowest BCUT2D eigenvalue weighted by molar-refractivity contribution is 0.0696. The number of phenols is 1. The van der Waals surface area contributed by atoms with Crippen LogP contribution in [0.4, 0.5) is 0 Å². The summed E-state index contributed by atoms with van der Waals surface area (Å²) in [7, 11) is 0. The second-order valence-electron chi connectivity index (χ2n) is 5.12. The number of carboxylic acid groups (broad SMARTS) is 1. The molecule has 0 aliphatic carbocycles. The van der Waals surface area contributed by atoms with Crippen LogP contribution < -0.4 is 0 Å². The van der Waals surface area contributed by atoms with Crippen molar-refractivity contribution < 1.29 is 15.0 Å². The third-order valence-corrected chi connectivity index (χ3v) is 3.72. The number of fused-ring (bicyclic) bond motifs is 2. The molecule has 0 fully saturated rings. The maximum atomic E-state index is 11.6. The van der Waals surface area contributed by atoms with Crippen molar-refractivity contribution in [2.75, 3.05) is 0 Å². The number of carbonyl (C=O) groups is 1. The monoisotopic (exact) mass is 305 g/mol. The van der Waals surface area contributed by atoms with Gasteiger partial charge in [0.1, 0.15) is 22.3 Å². The van der Waals surface area contributed by atoms with Gasteiger partial charge in [0.2, 0.25) is 0 Å². The van der Waals surface area contributed by atoms with Crippen LogP contribution in [0.2, 0.25) is 0 Å². The molecule has 4 aromatic rings. The van der Waals surface area contributed by atoms with Gasteiger partial charge in [-0.05, 0) is 23.6 Å². The van der Waals surface area contributed by atoms with Crippen molar-refractivity contribution in [1.82, 2.24) is 15.0 Å². The summed E-state index contributed by atoms with van der Waals surface area (Å²) in [5.41, 5.74) is 1.41. The number of aromatic carboxylic acids is 1. The highest BCUT2D eigenvalue weighted by molar-refractivity contribution is 6.07. The van der Waals surface area contributed by atoms with Gasteiger partial charge in [0.25, 0.3) is 0 Å². The molecular weight excluding hydrogens is 294 g/mol. The van der Waals surface area contributed by atoms with Gasteiger partial charge in [-0.15, -0.1) is 15.0 Å². The second-order valence-corrected chi connectivity index (χ2v) is 5.12. The molecule has 6 nitrogen and oxygen atoms in total. The summed E-state index contributed by atoms with van der Waals surface area (Å²) in [6.45, 7) is 0. The maximum absolute atomic E-state index is 11.6. The van der Waals surface area contributed by atoms with Crippen molar-refractivity contribution in [3.05, 3.63) is 60.2 Å². The molecule has 0 radical (unpaired) electrons. The van der Waals surface area contributed by atoms with Crippen LogP contribution in [0.3, 0.4) is 0 Å². The predicted molar refractivity (Wildman–Crippen MR) is 85.0 cm³/mol. The first-order chi connectivity index (χ1) is 11.1. The third kappa shape index (κ3) is 2.00. The number of rotatable bonds is 2. The number of benzene rings is 3. The Morgan fingerprint density at radius 1 is 0.957 bits per heavy atom. The molecule has 0 atom stereocenters. The van der Waals surface area contributed by atoms with Gasteiger partial charge in [0, 0.05) is 5.39 Å². The van der Waals surface area contributed by atoms with Crippen molar-refractivity contribution in [1.29, 1.82) is 0 Å². The smallest absolute Gasteiger partial charge is 0.340 e. The molecule has 4 rings (SSSR count). The van der Waals surface area contributed by atoms with E-state index in [0.717, 1.165) is 0 Å². The van der Waals surface area contributed by atoms with E-state index in [0.29, 0.717) is 21.8 Å². The Morgan fingerprint density at radius 3 is 2.22 bits per heavy atom. The fourth-order valence-electron chi connectivity index (χ4n) is 2.66. The van der Waals surface area contributed by atoms with Crippen LogP contribution in [0.15, 0.2) is 54.6 Å². The Balaban J connectivity index is 2.07. The highest BCUT2D eigenvalue weighted by atomic mass is 16.4. The van der Waals surface area contributed by atoms with Crippen LogP contribution in [0, 0.1) is 0 Å². The van der Waals surface area contributed by atoms with E-state index in [1.54, 1.807) is 36.4 Å². The molecule has 0 amide bonds. The van der Waals surface area contributed by atoms with Crippen molar-refractivity contribution >= 4 is 27.8 Å². The molecule has 0 spiro atoms. The summed E-state index contributed by atoms with van der Waals surface area (Å²) >= 11 is 0. The van der Waals surface area contributed by atoms with Crippen molar-refractivity contribution in [3.63, 3.8) is 0 Å². The van der Waals surface area contributed by atoms with Crippen LogP contribution in [0.25, 0.3) is 27.5 Å². The largest absolute Gasteiger partial charge is 0.505 e. The molecule has 0 bridgehead atoms. The summed E-state index contributed by atoms with van der Waals surface area (Å²) < 4.78 is 0. The molecule has 0 unspecified atom stereocenters. The minimum absolute atomic E-state index is 0.153. The van der Waals surface area contributed by atoms with Gasteiger partial charge in [-0.25, -0.2) is 4.79 Å². The summed E-state index contributed by atoms with van der Waals surface area (Å²) in [5, 5.41) is 29.7. The van der Waals surface area contributed by atoms with E-state index in [4.69, 9.17) is 0 Å². The molecule has 0 aliphatic heterocycles. The van der Waals surface area contributed by atoms with E-state index in [-0.39, 0.29) is 17.0 Å². The zero-order valence-electron chi connectivity index (χ0n) is 11.8. The van der Waals surface area contributed by atoms with Gasteiger partial charge < -0.3 is 10.2 Å². The zero-order chi connectivity index (χ0) is 16.0. The number of carboxylic acids is 1. The van der Waals surface area contributed by atoms with Crippen LogP contribution in [-0.2, 0) is 0 Å². The van der Waals surface area contributed by atoms with Crippen molar-refractivity contribution in [2.45, 2.75) is 0 Å². The first-order valence-corrected chi connectivity index (χ1v) is 6.95. The van der Waals surface area contributed by atoms with Gasteiger partial charge >= 0.3 is 5.97 Å². The fraction of sp³-hybridized carbons (Fsp3) is 0. The van der Waals surface area contributed by atoms with Gasteiger partial charge in [0.05, 0.1) is 0 Å². The van der Waals surface area contributed by atoms with Gasteiger partial charge in [0.15, 0.2) is 5.75 Å². The highest BCUT2D eigenvalue weighted by Crippen LogP contribution is 2.33. The molecule has 1 heterocycles. The quantitative estimate of drug-likeness (QED) is 0.594. The van der Waals surface area contributed by atoms with E-state index in [1.807, 2.05) is 18.2 Å². The molecule has 112 valence electrons. The topological polar surface area (TPSA) is 88.2 Å². The standard InChI is InChI=1S/C17H11N3O3/c21-16-14(20-18-12-7-3-4-8-13(12)19-20)9-10-5-1-2-6-11(10)15(16)17(22)23/h1-9,21H,(H,22,23). The van der Waals surface area contributed by atoms with Gasteiger partial charge in [-0.3, -0.25) is 0 Å². The molecule has 0 aliphatic rings. The average Bonchev–Trinajstić information content (AvgIpc) is 2.97. The Hall–Kier alpha value is -3.41. The minimum Gasteiger partial charge on any atom is -0.505 e. The molecule has 0 saturated carbocycles. The van der Waals surface area contributed by atoms with E-state index in [2.05, 4.69) is 10.2 Å². The van der Waals surface area contributed by atoms with Crippen LogP contribution >= 0.6 is 0 Å². The van der Waals surface area contributed by atoms with Crippen LogP contribution in [0.5, 0.6) is 5.75 Å². The number of aromatic nitrogens is 3. The van der Waals surface area contributed by atoms with E-state index in [1.165, 1.54) is 4.80 Å². The van der Waals surface area contributed by atoms with Gasteiger partial charge in [-0.2, -0.15) is 0 Å². The fourth-order valence-corrected chi connectivity index (χ4v) is 2.66. The lowest BCUT2D eigenvalue weighted by Gasteiger charge is -2.10. The first kappa shape index (κ1) is 13.3. The Kier molecular flexibility index (Phi) is 2.77. The lowest BCUT2D eigenvalue weighted by Crippen LogP contribution is -2.05. The van der Waals surface area contributed by atoms with E-state index in [9.17, 15) is 15.0 Å². The highest BCUT2D eigenvalue weighted by Gasteiger charge is 2.20. The van der Waals surface area contributed by atoms with Crippen LogP contribution in [0.1, 0.15) is 10.4 Å². The molecule has 2 N–H and O–H groups in total. The molecule has 1 aromatic heterocycles. The number of nitrogens with zero attached hydrogens (tertiary/aromatic N) is 3. The van der Waals surface area contributed by atoms with Crippen molar-refractivity contribution in [3.8, 4) is 11.4 Å². The zero-order valence-corrected chi connectivity index (χ0v) is 11.8. The third-order valence-electron chi connectivity index (χ3n) is 3.72. The minimum atomic E-state index is -1.20. The molecular formula is C17H11N3O3. The summed E-state index contributed by atoms with van der Waals surface area (Å²) in [6, 6.07) is 15.9. The summed E-state index contributed by atoms with van der Waals surface area (Å²) in [6.07, 6.45) is 0. The summed E-state index contributed by atoms with van der Waals surface area (Å²) in [4.78, 5) is 12.8. The molecule has 3 aromatic carbocycles. The Morgan fingerprint density at radius 2 is 1.57 bits per heavy atom. The number of hydrogen-bond acceptors (Lipinski definition) is 4. The summed E-state index contributed by atoms with van der Waals surface area (Å²) in [5.74, 6) is -1.55. The molecule has 23 heavy (non-hydrogen) atoms. The predicted octanol–water partition coefficient (Wildman–Crippen LogP) is 2.98. The van der Waals surface area contributed by atoms with E-state index >= 15 is 0 Å². The SMILES string of the molecule is O=C(O)c1c(O)c(-n2nc3ccccc3n2)cc2ccccc12. The van der Waals surface area contributed by atoms with Crippen molar-refractivity contribution in [2.24, 2.45) is 0 Å². The first-order valence-electron chi connectivity index (χ1n) is 6.95.